The number of carbonyl (C=O) groups excluding carboxylic acids is 2. The second-order valence-electron chi connectivity index (χ2n) is 7.75. The molecule has 0 spiro atoms. The highest BCUT2D eigenvalue weighted by atomic mass is 16.5. The van der Waals surface area contributed by atoms with Crippen molar-refractivity contribution in [2.45, 2.75) is 19.8 Å². The van der Waals surface area contributed by atoms with E-state index in [9.17, 15) is 9.59 Å². The van der Waals surface area contributed by atoms with Crippen LogP contribution >= 0.6 is 0 Å². The summed E-state index contributed by atoms with van der Waals surface area (Å²) >= 11 is 0. The predicted molar refractivity (Wildman–Crippen MR) is 117 cm³/mol. The Morgan fingerprint density at radius 1 is 1.09 bits per heavy atom. The van der Waals surface area contributed by atoms with Crippen molar-refractivity contribution in [2.24, 2.45) is 13.0 Å². The van der Waals surface area contributed by atoms with Crippen LogP contribution in [0.25, 0.3) is 5.65 Å². The zero-order valence-electron chi connectivity index (χ0n) is 17.6. The van der Waals surface area contributed by atoms with Crippen LogP contribution in [0.15, 0.2) is 48.8 Å². The minimum atomic E-state index is -0.244. The van der Waals surface area contributed by atoms with Gasteiger partial charge in [-0.2, -0.15) is 5.10 Å². The van der Waals surface area contributed by atoms with Crippen molar-refractivity contribution in [3.05, 3.63) is 60.0 Å². The van der Waals surface area contributed by atoms with Gasteiger partial charge < -0.3 is 15.4 Å². The summed E-state index contributed by atoms with van der Waals surface area (Å²) in [5, 5.41) is 14.3. The second-order valence-corrected chi connectivity index (χ2v) is 7.75. The Balaban J connectivity index is 1.29. The molecule has 1 aliphatic carbocycles. The summed E-state index contributed by atoms with van der Waals surface area (Å²) in [4.78, 5) is 28.8. The molecule has 0 saturated heterocycles. The summed E-state index contributed by atoms with van der Waals surface area (Å²) in [5.74, 6) is 1.17. The maximum atomic E-state index is 12.5. The fraction of sp³-hybridized carbons (Fsp3) is 0.227. The molecule has 32 heavy (non-hydrogen) atoms. The van der Waals surface area contributed by atoms with Crippen molar-refractivity contribution in [1.29, 1.82) is 0 Å². The molecule has 10 nitrogen and oxygen atoms in total. The number of anilines is 2. The van der Waals surface area contributed by atoms with Gasteiger partial charge in [0.25, 0.3) is 5.91 Å². The molecule has 0 bridgehead atoms. The number of amides is 2. The van der Waals surface area contributed by atoms with E-state index >= 15 is 0 Å². The number of hydrogen-bond donors (Lipinski definition) is 2. The number of aryl methyl sites for hydroxylation is 2. The molecule has 2 amide bonds. The SMILES string of the molecule is Cc1nn(C)cc1C(=O)Nc1cccc(Oc2ccc3nc(NC(=O)C4CC4)cn3n2)c1. The molecular formula is C22H21N7O3. The highest BCUT2D eigenvalue weighted by molar-refractivity contribution is 6.05. The Labute approximate surface area is 183 Å². The zero-order valence-corrected chi connectivity index (χ0v) is 17.6. The number of benzene rings is 1. The molecule has 3 aromatic heterocycles. The lowest BCUT2D eigenvalue weighted by Gasteiger charge is -2.08. The molecule has 0 radical (unpaired) electrons. The van der Waals surface area contributed by atoms with E-state index < -0.39 is 0 Å². The lowest BCUT2D eigenvalue weighted by atomic mass is 10.2. The number of hydrogen-bond acceptors (Lipinski definition) is 6. The Morgan fingerprint density at radius 2 is 1.94 bits per heavy atom. The van der Waals surface area contributed by atoms with Crippen molar-refractivity contribution >= 4 is 29.0 Å². The van der Waals surface area contributed by atoms with Gasteiger partial charge >= 0.3 is 0 Å². The number of nitrogens with zero attached hydrogens (tertiary/aromatic N) is 5. The first-order valence-corrected chi connectivity index (χ1v) is 10.2. The average Bonchev–Trinajstić information content (AvgIpc) is 3.44. The van der Waals surface area contributed by atoms with E-state index in [0.717, 1.165) is 12.8 Å². The van der Waals surface area contributed by atoms with Crippen molar-refractivity contribution in [3.8, 4) is 11.6 Å². The van der Waals surface area contributed by atoms with Crippen molar-refractivity contribution in [3.63, 3.8) is 0 Å². The molecule has 2 N–H and O–H groups in total. The Bertz CT molecular complexity index is 1340. The van der Waals surface area contributed by atoms with Crippen LogP contribution in [0.2, 0.25) is 0 Å². The van der Waals surface area contributed by atoms with Gasteiger partial charge in [-0.3, -0.25) is 14.3 Å². The van der Waals surface area contributed by atoms with Crippen LogP contribution in [0.1, 0.15) is 28.9 Å². The number of fused-ring (bicyclic) bond motifs is 1. The van der Waals surface area contributed by atoms with Crippen LogP contribution in [-0.2, 0) is 11.8 Å². The molecule has 0 atom stereocenters. The van der Waals surface area contributed by atoms with Crippen LogP contribution in [0.5, 0.6) is 11.6 Å². The molecular weight excluding hydrogens is 410 g/mol. The van der Waals surface area contributed by atoms with E-state index in [0.29, 0.717) is 40.0 Å². The topological polar surface area (TPSA) is 115 Å². The first-order valence-electron chi connectivity index (χ1n) is 10.2. The lowest BCUT2D eigenvalue weighted by Crippen LogP contribution is -2.13. The molecule has 0 unspecified atom stereocenters. The molecule has 1 aliphatic rings. The molecule has 1 aromatic carbocycles. The normalized spacial score (nSPS) is 13.2. The van der Waals surface area contributed by atoms with Crippen LogP contribution in [0.3, 0.4) is 0 Å². The fourth-order valence-electron chi connectivity index (χ4n) is 3.33. The van der Waals surface area contributed by atoms with Crippen LogP contribution < -0.4 is 15.4 Å². The molecule has 10 heteroatoms. The summed E-state index contributed by atoms with van der Waals surface area (Å²) in [6.07, 6.45) is 5.18. The molecule has 0 aliphatic heterocycles. The van der Waals surface area contributed by atoms with Gasteiger partial charge in [-0.05, 0) is 38.0 Å². The Hall–Kier alpha value is -4.21. The standard InChI is InChI=1S/C22H21N7O3/c1-13-17(11-28(2)26-13)22(31)23-15-4-3-5-16(10-15)32-20-9-8-19-24-18(12-29(19)27-20)25-21(30)14-6-7-14/h3-5,8-12,14H,6-7H2,1-2H3,(H,23,31)(H,25,30). The summed E-state index contributed by atoms with van der Waals surface area (Å²) in [6.45, 7) is 1.79. The lowest BCUT2D eigenvalue weighted by molar-refractivity contribution is -0.117. The number of aromatic nitrogens is 5. The Morgan fingerprint density at radius 3 is 2.69 bits per heavy atom. The first kappa shape index (κ1) is 19.7. The smallest absolute Gasteiger partial charge is 0.259 e. The summed E-state index contributed by atoms with van der Waals surface area (Å²) < 4.78 is 9.02. The molecule has 4 aromatic rings. The highest BCUT2D eigenvalue weighted by Gasteiger charge is 2.30. The number of imidazole rings is 1. The maximum absolute atomic E-state index is 12.5. The minimum absolute atomic E-state index is 0.00906. The van der Waals surface area contributed by atoms with E-state index in [1.54, 1.807) is 72.0 Å². The minimum Gasteiger partial charge on any atom is -0.438 e. The molecule has 1 saturated carbocycles. The van der Waals surface area contributed by atoms with Gasteiger partial charge in [0.2, 0.25) is 11.8 Å². The largest absolute Gasteiger partial charge is 0.438 e. The number of carbonyl (C=O) groups is 2. The van der Waals surface area contributed by atoms with Gasteiger partial charge in [-0.25, -0.2) is 9.50 Å². The van der Waals surface area contributed by atoms with Crippen LogP contribution in [0, 0.1) is 12.8 Å². The predicted octanol–water partition coefficient (Wildman–Crippen LogP) is 3.16. The fourth-order valence-corrected chi connectivity index (χ4v) is 3.33. The monoisotopic (exact) mass is 431 g/mol. The zero-order chi connectivity index (χ0) is 22.2. The molecule has 162 valence electrons. The molecule has 3 heterocycles. The summed E-state index contributed by atoms with van der Waals surface area (Å²) in [6, 6.07) is 10.5. The van der Waals surface area contributed by atoms with Gasteiger partial charge in [0.1, 0.15) is 5.75 Å². The van der Waals surface area contributed by atoms with E-state index in [4.69, 9.17) is 4.74 Å². The van der Waals surface area contributed by atoms with E-state index in [1.807, 2.05) is 0 Å². The van der Waals surface area contributed by atoms with Crippen LogP contribution in [-0.4, -0.2) is 36.2 Å². The van der Waals surface area contributed by atoms with Crippen molar-refractivity contribution in [1.82, 2.24) is 24.4 Å². The Kier molecular flexibility index (Phi) is 4.81. The summed E-state index contributed by atoms with van der Waals surface area (Å²) in [5.41, 5.74) is 2.35. The van der Waals surface area contributed by atoms with E-state index in [-0.39, 0.29) is 17.7 Å². The van der Waals surface area contributed by atoms with Crippen molar-refractivity contribution in [2.75, 3.05) is 10.6 Å². The molecule has 1 fully saturated rings. The third-order valence-electron chi connectivity index (χ3n) is 5.07. The second kappa shape index (κ2) is 7.80. The molecule has 5 rings (SSSR count). The van der Waals surface area contributed by atoms with E-state index in [1.165, 1.54) is 0 Å². The van der Waals surface area contributed by atoms with Gasteiger partial charge in [-0.1, -0.05) is 6.07 Å². The number of rotatable bonds is 6. The van der Waals surface area contributed by atoms with Crippen molar-refractivity contribution < 1.29 is 14.3 Å². The third-order valence-corrected chi connectivity index (χ3v) is 5.07. The van der Waals surface area contributed by atoms with Gasteiger partial charge in [-0.15, -0.1) is 5.10 Å². The van der Waals surface area contributed by atoms with Gasteiger partial charge in [0.15, 0.2) is 11.5 Å². The van der Waals surface area contributed by atoms with Gasteiger partial charge in [0, 0.05) is 37.0 Å². The third kappa shape index (κ3) is 4.15. The number of ether oxygens (including phenoxy) is 1. The van der Waals surface area contributed by atoms with Gasteiger partial charge in [0.05, 0.1) is 17.5 Å². The first-order chi connectivity index (χ1) is 15.4. The number of nitrogens with one attached hydrogen (secondary N) is 2. The summed E-state index contributed by atoms with van der Waals surface area (Å²) in [7, 11) is 1.77. The average molecular weight is 431 g/mol. The maximum Gasteiger partial charge on any atom is 0.259 e. The van der Waals surface area contributed by atoms with E-state index in [2.05, 4.69) is 25.8 Å². The van der Waals surface area contributed by atoms with Crippen LogP contribution in [0.4, 0.5) is 11.5 Å². The highest BCUT2D eigenvalue weighted by Crippen LogP contribution is 2.30. The quantitative estimate of drug-likeness (QED) is 0.485.